The summed E-state index contributed by atoms with van der Waals surface area (Å²) in [5, 5.41) is 0.309. The van der Waals surface area contributed by atoms with Gasteiger partial charge in [-0.05, 0) is 18.3 Å². The lowest BCUT2D eigenvalue weighted by Gasteiger charge is -2.38. The third-order valence-electron chi connectivity index (χ3n) is 3.95. The van der Waals surface area contributed by atoms with E-state index in [1.165, 1.54) is 12.4 Å². The van der Waals surface area contributed by atoms with Crippen LogP contribution in [0.5, 0.6) is 0 Å². The zero-order chi connectivity index (χ0) is 13.2. The average molecular weight is 268 g/mol. The van der Waals surface area contributed by atoms with Crippen molar-refractivity contribution in [1.82, 2.24) is 14.9 Å². The zero-order valence-electron chi connectivity index (χ0n) is 10.8. The standard InChI is InChI=1S/C13H18ClN3O/c1-3-13(2)4-6-17(7-5-13)12(18)10-8-16-11(14)9-15-10/h8-9H,3-7H2,1-2H3. The Labute approximate surface area is 112 Å². The van der Waals surface area contributed by atoms with Crippen molar-refractivity contribution in [2.45, 2.75) is 33.1 Å². The summed E-state index contributed by atoms with van der Waals surface area (Å²) >= 11 is 5.66. The summed E-state index contributed by atoms with van der Waals surface area (Å²) in [6, 6.07) is 0. The maximum absolute atomic E-state index is 12.2. The van der Waals surface area contributed by atoms with Gasteiger partial charge in [0.1, 0.15) is 10.8 Å². The fourth-order valence-corrected chi connectivity index (χ4v) is 2.29. The van der Waals surface area contributed by atoms with Gasteiger partial charge in [0.25, 0.3) is 5.91 Å². The van der Waals surface area contributed by atoms with Gasteiger partial charge < -0.3 is 4.90 Å². The third kappa shape index (κ3) is 2.80. The lowest BCUT2D eigenvalue weighted by molar-refractivity contribution is 0.0594. The molecule has 5 heteroatoms. The van der Waals surface area contributed by atoms with Gasteiger partial charge in [0.15, 0.2) is 0 Å². The fraction of sp³-hybridized carbons (Fsp3) is 0.615. The molecule has 4 nitrogen and oxygen atoms in total. The molecule has 0 aliphatic carbocycles. The number of carbonyl (C=O) groups is 1. The molecule has 98 valence electrons. The van der Waals surface area contributed by atoms with Crippen molar-refractivity contribution in [2.24, 2.45) is 5.41 Å². The minimum absolute atomic E-state index is 0.0441. The van der Waals surface area contributed by atoms with E-state index in [4.69, 9.17) is 11.6 Å². The molecule has 0 radical (unpaired) electrons. The van der Waals surface area contributed by atoms with Gasteiger partial charge in [0, 0.05) is 13.1 Å². The number of hydrogen-bond donors (Lipinski definition) is 0. The Hall–Kier alpha value is -1.16. The maximum atomic E-state index is 12.2. The molecular formula is C13H18ClN3O. The predicted molar refractivity (Wildman–Crippen MR) is 70.6 cm³/mol. The smallest absolute Gasteiger partial charge is 0.274 e. The number of nitrogens with zero attached hydrogens (tertiary/aromatic N) is 3. The Morgan fingerprint density at radius 2 is 2.06 bits per heavy atom. The highest BCUT2D eigenvalue weighted by Crippen LogP contribution is 2.34. The molecule has 0 aromatic carbocycles. The molecule has 2 heterocycles. The van der Waals surface area contributed by atoms with Gasteiger partial charge in [-0.1, -0.05) is 31.9 Å². The third-order valence-corrected chi connectivity index (χ3v) is 4.15. The highest BCUT2D eigenvalue weighted by molar-refractivity contribution is 6.29. The van der Waals surface area contributed by atoms with Gasteiger partial charge in [0.2, 0.25) is 0 Å². The number of amides is 1. The summed E-state index contributed by atoms with van der Waals surface area (Å²) < 4.78 is 0. The molecule has 0 unspecified atom stereocenters. The van der Waals surface area contributed by atoms with Crippen LogP contribution in [0.1, 0.15) is 43.6 Å². The van der Waals surface area contributed by atoms with Gasteiger partial charge in [0.05, 0.1) is 12.4 Å². The van der Waals surface area contributed by atoms with Crippen molar-refractivity contribution < 1.29 is 4.79 Å². The second kappa shape index (κ2) is 5.22. The molecule has 18 heavy (non-hydrogen) atoms. The van der Waals surface area contributed by atoms with Crippen molar-refractivity contribution in [3.8, 4) is 0 Å². The summed E-state index contributed by atoms with van der Waals surface area (Å²) in [4.78, 5) is 22.0. The van der Waals surface area contributed by atoms with Crippen LogP contribution < -0.4 is 0 Å². The average Bonchev–Trinajstić information content (AvgIpc) is 2.40. The second-order valence-electron chi connectivity index (χ2n) is 5.18. The Morgan fingerprint density at radius 3 is 2.56 bits per heavy atom. The maximum Gasteiger partial charge on any atom is 0.274 e. The summed E-state index contributed by atoms with van der Waals surface area (Å²) in [5.41, 5.74) is 0.752. The molecule has 1 aromatic rings. The Morgan fingerprint density at radius 1 is 1.39 bits per heavy atom. The van der Waals surface area contributed by atoms with Crippen molar-refractivity contribution in [2.75, 3.05) is 13.1 Å². The second-order valence-corrected chi connectivity index (χ2v) is 5.57. The SMILES string of the molecule is CCC1(C)CCN(C(=O)c2cnc(Cl)cn2)CC1. The number of piperidine rings is 1. The van der Waals surface area contributed by atoms with Crippen LogP contribution in [0.15, 0.2) is 12.4 Å². The molecule has 1 aliphatic rings. The first-order chi connectivity index (χ1) is 8.54. The highest BCUT2D eigenvalue weighted by Gasteiger charge is 2.30. The first kappa shape index (κ1) is 13.3. The molecule has 1 aliphatic heterocycles. The van der Waals surface area contributed by atoms with Crippen LogP contribution in [0, 0.1) is 5.41 Å². The van der Waals surface area contributed by atoms with E-state index in [2.05, 4.69) is 23.8 Å². The van der Waals surface area contributed by atoms with Gasteiger partial charge in [-0.2, -0.15) is 0 Å². The zero-order valence-corrected chi connectivity index (χ0v) is 11.6. The Kier molecular flexibility index (Phi) is 3.85. The van der Waals surface area contributed by atoms with Gasteiger partial charge in [-0.3, -0.25) is 4.79 Å². The number of carbonyl (C=O) groups excluding carboxylic acids is 1. The largest absolute Gasteiger partial charge is 0.337 e. The highest BCUT2D eigenvalue weighted by atomic mass is 35.5. The normalized spacial score (nSPS) is 18.7. The molecule has 0 bridgehead atoms. The van der Waals surface area contributed by atoms with Crippen molar-refractivity contribution in [1.29, 1.82) is 0 Å². The molecule has 0 atom stereocenters. The van der Waals surface area contributed by atoms with E-state index in [-0.39, 0.29) is 5.91 Å². The molecule has 0 saturated carbocycles. The predicted octanol–water partition coefficient (Wildman–Crippen LogP) is 2.78. The molecular weight excluding hydrogens is 250 g/mol. The number of aromatic nitrogens is 2. The minimum atomic E-state index is -0.0441. The van der Waals surface area contributed by atoms with Crippen LogP contribution in [-0.4, -0.2) is 33.9 Å². The number of halogens is 1. The first-order valence-corrected chi connectivity index (χ1v) is 6.69. The summed E-state index contributed by atoms with van der Waals surface area (Å²) in [5.74, 6) is -0.0441. The van der Waals surface area contributed by atoms with Crippen LogP contribution in [0.4, 0.5) is 0 Å². The molecule has 0 N–H and O–H groups in total. The lowest BCUT2D eigenvalue weighted by atomic mass is 9.78. The van der Waals surface area contributed by atoms with Gasteiger partial charge in [-0.25, -0.2) is 9.97 Å². The monoisotopic (exact) mass is 267 g/mol. The lowest BCUT2D eigenvalue weighted by Crippen LogP contribution is -2.42. The van der Waals surface area contributed by atoms with Crippen molar-refractivity contribution in [3.63, 3.8) is 0 Å². The van der Waals surface area contributed by atoms with E-state index in [9.17, 15) is 4.79 Å². The van der Waals surface area contributed by atoms with Crippen LogP contribution >= 0.6 is 11.6 Å². The van der Waals surface area contributed by atoms with Gasteiger partial charge in [-0.15, -0.1) is 0 Å². The van der Waals surface area contributed by atoms with Crippen molar-refractivity contribution >= 4 is 17.5 Å². The number of hydrogen-bond acceptors (Lipinski definition) is 3. The van der Waals surface area contributed by atoms with Gasteiger partial charge >= 0.3 is 0 Å². The molecule has 1 fully saturated rings. The Balaban J connectivity index is 2.01. The summed E-state index contributed by atoms with van der Waals surface area (Å²) in [7, 11) is 0. The van der Waals surface area contributed by atoms with Crippen LogP contribution in [0.2, 0.25) is 5.15 Å². The number of likely N-dealkylation sites (tertiary alicyclic amines) is 1. The molecule has 2 rings (SSSR count). The van der Waals surface area contributed by atoms with Crippen LogP contribution in [0.3, 0.4) is 0 Å². The quantitative estimate of drug-likeness (QED) is 0.828. The van der Waals surface area contributed by atoms with E-state index >= 15 is 0 Å². The van der Waals surface area contributed by atoms with E-state index in [0.717, 1.165) is 32.4 Å². The molecule has 0 spiro atoms. The van der Waals surface area contributed by atoms with E-state index in [1.54, 1.807) is 0 Å². The van der Waals surface area contributed by atoms with E-state index in [0.29, 0.717) is 16.3 Å². The summed E-state index contributed by atoms with van der Waals surface area (Å²) in [6.45, 7) is 6.10. The molecule has 1 saturated heterocycles. The van der Waals surface area contributed by atoms with E-state index < -0.39 is 0 Å². The number of rotatable bonds is 2. The first-order valence-electron chi connectivity index (χ1n) is 6.31. The molecule has 1 aromatic heterocycles. The molecule has 1 amide bonds. The minimum Gasteiger partial charge on any atom is -0.337 e. The Bertz CT molecular complexity index is 424. The fourth-order valence-electron chi connectivity index (χ4n) is 2.19. The van der Waals surface area contributed by atoms with Crippen molar-refractivity contribution in [3.05, 3.63) is 23.2 Å². The van der Waals surface area contributed by atoms with E-state index in [1.807, 2.05) is 4.90 Å². The van der Waals surface area contributed by atoms with Crippen LogP contribution in [0.25, 0.3) is 0 Å². The summed E-state index contributed by atoms with van der Waals surface area (Å²) in [6.07, 6.45) is 6.12. The topological polar surface area (TPSA) is 46.1 Å². The van der Waals surface area contributed by atoms with Crippen LogP contribution in [-0.2, 0) is 0 Å².